The molecule has 0 saturated carbocycles. The number of benzene rings is 1. The maximum absolute atomic E-state index is 13.1. The van der Waals surface area contributed by atoms with E-state index in [2.05, 4.69) is 11.4 Å². The van der Waals surface area contributed by atoms with Crippen LogP contribution in [0.25, 0.3) is 10.1 Å². The first-order valence-corrected chi connectivity index (χ1v) is 6.16. The second-order valence-corrected chi connectivity index (χ2v) is 5.01. The van der Waals surface area contributed by atoms with Crippen molar-refractivity contribution in [1.29, 1.82) is 0 Å². The van der Waals surface area contributed by atoms with Crippen molar-refractivity contribution < 1.29 is 9.13 Å². The second kappa shape index (κ2) is 4.13. The van der Waals surface area contributed by atoms with Crippen molar-refractivity contribution in [2.45, 2.75) is 6.10 Å². The van der Waals surface area contributed by atoms with Gasteiger partial charge in [-0.1, -0.05) is 6.07 Å². The number of rotatable bonds is 1. The summed E-state index contributed by atoms with van der Waals surface area (Å²) in [5, 5.41) is 4.39. The van der Waals surface area contributed by atoms with E-state index in [9.17, 15) is 4.39 Å². The molecule has 4 heteroatoms. The van der Waals surface area contributed by atoms with Crippen LogP contribution in [0.3, 0.4) is 0 Å². The molecule has 0 spiro atoms. The number of halogens is 1. The van der Waals surface area contributed by atoms with Gasteiger partial charge in [0.15, 0.2) is 0 Å². The second-order valence-electron chi connectivity index (χ2n) is 3.89. The fraction of sp³-hybridized carbons (Fsp3) is 0.333. The lowest BCUT2D eigenvalue weighted by atomic mass is 10.2. The van der Waals surface area contributed by atoms with Gasteiger partial charge in [0.2, 0.25) is 0 Å². The minimum absolute atomic E-state index is 0.120. The van der Waals surface area contributed by atoms with Gasteiger partial charge in [0, 0.05) is 22.7 Å². The maximum atomic E-state index is 13.1. The molecule has 2 nitrogen and oxygen atoms in total. The van der Waals surface area contributed by atoms with Crippen LogP contribution in [-0.2, 0) is 4.74 Å². The highest BCUT2D eigenvalue weighted by atomic mass is 32.1. The Morgan fingerprint density at radius 2 is 2.31 bits per heavy atom. The van der Waals surface area contributed by atoms with Crippen LogP contribution in [0.2, 0.25) is 0 Å². The minimum Gasteiger partial charge on any atom is -0.370 e. The van der Waals surface area contributed by atoms with Crippen LogP contribution in [0.4, 0.5) is 4.39 Å². The van der Waals surface area contributed by atoms with E-state index in [1.165, 1.54) is 10.9 Å². The Morgan fingerprint density at radius 3 is 3.12 bits per heavy atom. The van der Waals surface area contributed by atoms with Gasteiger partial charge in [-0.15, -0.1) is 11.3 Å². The summed E-state index contributed by atoms with van der Waals surface area (Å²) in [6, 6.07) is 7.00. The van der Waals surface area contributed by atoms with Crippen molar-refractivity contribution in [3.63, 3.8) is 0 Å². The quantitative estimate of drug-likeness (QED) is 0.823. The highest BCUT2D eigenvalue weighted by Crippen LogP contribution is 2.32. The molecule has 0 bridgehead atoms. The van der Waals surface area contributed by atoms with Gasteiger partial charge in [-0.25, -0.2) is 4.39 Å². The van der Waals surface area contributed by atoms with E-state index >= 15 is 0 Å². The van der Waals surface area contributed by atoms with Crippen LogP contribution in [0, 0.1) is 5.82 Å². The number of ether oxygens (including phenoxy) is 1. The van der Waals surface area contributed by atoms with Crippen molar-refractivity contribution in [2.75, 3.05) is 19.7 Å². The van der Waals surface area contributed by atoms with Gasteiger partial charge < -0.3 is 10.1 Å². The van der Waals surface area contributed by atoms with Gasteiger partial charge in [-0.05, 0) is 23.6 Å². The van der Waals surface area contributed by atoms with Crippen LogP contribution >= 0.6 is 11.3 Å². The molecule has 2 heterocycles. The largest absolute Gasteiger partial charge is 0.370 e. The minimum atomic E-state index is -0.177. The van der Waals surface area contributed by atoms with Crippen LogP contribution in [-0.4, -0.2) is 19.7 Å². The molecule has 0 aliphatic carbocycles. The molecule has 0 radical (unpaired) electrons. The Kier molecular flexibility index (Phi) is 2.63. The number of thiophene rings is 1. The molecule has 1 atom stereocenters. The van der Waals surface area contributed by atoms with Gasteiger partial charge in [-0.3, -0.25) is 0 Å². The van der Waals surface area contributed by atoms with E-state index < -0.39 is 0 Å². The predicted molar refractivity (Wildman–Crippen MR) is 63.3 cm³/mol. The molecule has 1 aliphatic heterocycles. The summed E-state index contributed by atoms with van der Waals surface area (Å²) < 4.78 is 19.7. The standard InChI is InChI=1S/C12H12FNOS/c13-9-2-1-8-5-12(16-11(8)6-9)10-7-14-3-4-15-10/h1-2,5-6,10,14H,3-4,7H2. The summed E-state index contributed by atoms with van der Waals surface area (Å²) in [6.45, 7) is 2.50. The van der Waals surface area contributed by atoms with Crippen molar-refractivity contribution in [3.8, 4) is 0 Å². The zero-order valence-corrected chi connectivity index (χ0v) is 9.52. The van der Waals surface area contributed by atoms with E-state index in [1.54, 1.807) is 17.4 Å². The van der Waals surface area contributed by atoms with E-state index in [4.69, 9.17) is 4.74 Å². The lowest BCUT2D eigenvalue weighted by Crippen LogP contribution is -2.32. The summed E-state index contributed by atoms with van der Waals surface area (Å²) in [5.74, 6) is -0.177. The Morgan fingerprint density at radius 1 is 1.38 bits per heavy atom. The van der Waals surface area contributed by atoms with E-state index in [0.29, 0.717) is 0 Å². The SMILES string of the molecule is Fc1ccc2cc(C3CNCCO3)sc2c1. The number of hydrogen-bond donors (Lipinski definition) is 1. The summed E-state index contributed by atoms with van der Waals surface area (Å²) in [6.07, 6.45) is 0.120. The smallest absolute Gasteiger partial charge is 0.124 e. The first-order valence-electron chi connectivity index (χ1n) is 5.34. The average Bonchev–Trinajstić information content (AvgIpc) is 2.73. The summed E-state index contributed by atoms with van der Waals surface area (Å²) >= 11 is 1.61. The third-order valence-corrected chi connectivity index (χ3v) is 3.94. The highest BCUT2D eigenvalue weighted by Gasteiger charge is 2.17. The number of fused-ring (bicyclic) bond motifs is 1. The van der Waals surface area contributed by atoms with E-state index in [1.807, 2.05) is 6.07 Å². The Bertz CT molecular complexity index is 505. The Labute approximate surface area is 97.0 Å². The molecule has 3 rings (SSSR count). The zero-order valence-electron chi connectivity index (χ0n) is 8.70. The van der Waals surface area contributed by atoms with Crippen molar-refractivity contribution in [1.82, 2.24) is 5.32 Å². The predicted octanol–water partition coefficient (Wildman–Crippen LogP) is 2.70. The molecule has 16 heavy (non-hydrogen) atoms. The molecule has 1 aromatic carbocycles. The molecule has 84 valence electrons. The van der Waals surface area contributed by atoms with Crippen molar-refractivity contribution in [3.05, 3.63) is 35.0 Å². The molecule has 1 N–H and O–H groups in total. The van der Waals surface area contributed by atoms with Crippen LogP contribution in [0.5, 0.6) is 0 Å². The molecular weight excluding hydrogens is 225 g/mol. The zero-order chi connectivity index (χ0) is 11.0. The van der Waals surface area contributed by atoms with Gasteiger partial charge in [0.25, 0.3) is 0 Å². The Balaban J connectivity index is 1.97. The highest BCUT2D eigenvalue weighted by molar-refractivity contribution is 7.19. The number of nitrogens with one attached hydrogen (secondary N) is 1. The molecule has 1 aliphatic rings. The molecule has 1 aromatic heterocycles. The number of morpholine rings is 1. The average molecular weight is 237 g/mol. The van der Waals surface area contributed by atoms with Gasteiger partial charge in [-0.2, -0.15) is 0 Å². The third-order valence-electron chi connectivity index (χ3n) is 2.75. The van der Waals surface area contributed by atoms with Crippen LogP contribution in [0.1, 0.15) is 11.0 Å². The fourth-order valence-corrected chi connectivity index (χ4v) is 3.07. The topological polar surface area (TPSA) is 21.3 Å². The van der Waals surface area contributed by atoms with Crippen LogP contribution < -0.4 is 5.32 Å². The van der Waals surface area contributed by atoms with Gasteiger partial charge in [0.05, 0.1) is 6.61 Å². The van der Waals surface area contributed by atoms with E-state index in [0.717, 1.165) is 29.8 Å². The summed E-state index contributed by atoms with van der Waals surface area (Å²) in [7, 11) is 0. The molecule has 1 fully saturated rings. The van der Waals surface area contributed by atoms with Crippen LogP contribution in [0.15, 0.2) is 24.3 Å². The summed E-state index contributed by atoms with van der Waals surface area (Å²) in [5.41, 5.74) is 0. The first-order chi connectivity index (χ1) is 7.83. The molecular formula is C12H12FNOS. The van der Waals surface area contributed by atoms with Gasteiger partial charge in [0.1, 0.15) is 11.9 Å². The fourth-order valence-electron chi connectivity index (χ4n) is 1.93. The van der Waals surface area contributed by atoms with E-state index in [-0.39, 0.29) is 11.9 Å². The molecule has 2 aromatic rings. The lowest BCUT2D eigenvalue weighted by molar-refractivity contribution is 0.0300. The molecule has 0 amide bonds. The molecule has 1 unspecified atom stereocenters. The van der Waals surface area contributed by atoms with Crippen molar-refractivity contribution >= 4 is 21.4 Å². The maximum Gasteiger partial charge on any atom is 0.124 e. The third kappa shape index (κ3) is 1.84. The van der Waals surface area contributed by atoms with Gasteiger partial charge >= 0.3 is 0 Å². The number of hydrogen-bond acceptors (Lipinski definition) is 3. The van der Waals surface area contributed by atoms with Crippen molar-refractivity contribution in [2.24, 2.45) is 0 Å². The molecule has 1 saturated heterocycles. The monoisotopic (exact) mass is 237 g/mol. The Hall–Kier alpha value is -0.970. The normalized spacial score (nSPS) is 21.4. The lowest BCUT2D eigenvalue weighted by Gasteiger charge is -2.22. The first kappa shape index (κ1) is 10.2. The summed E-state index contributed by atoms with van der Waals surface area (Å²) in [4.78, 5) is 1.17.